The number of carbonyl (C=O) groups excluding carboxylic acids is 1. The average Bonchev–Trinajstić information content (AvgIpc) is 2.91. The van der Waals surface area contributed by atoms with Crippen molar-refractivity contribution in [2.24, 2.45) is 5.73 Å². The van der Waals surface area contributed by atoms with Gasteiger partial charge in [-0.1, -0.05) is 60.7 Å². The van der Waals surface area contributed by atoms with Crippen LogP contribution in [0.15, 0.2) is 89.8 Å². The number of ether oxygens (including phenoxy) is 2. The third kappa shape index (κ3) is 8.68. The van der Waals surface area contributed by atoms with Gasteiger partial charge in [-0.3, -0.25) is 4.79 Å². The quantitative estimate of drug-likeness (QED) is 0.318. The van der Waals surface area contributed by atoms with Crippen LogP contribution in [0, 0.1) is 0 Å². The number of hydrogen-bond acceptors (Lipinski definition) is 6. The smallest absolute Gasteiger partial charge is 0.252 e. The second kappa shape index (κ2) is 14.7. The van der Waals surface area contributed by atoms with Crippen LogP contribution in [0.2, 0.25) is 0 Å². The van der Waals surface area contributed by atoms with E-state index in [-0.39, 0.29) is 12.5 Å². The van der Waals surface area contributed by atoms with E-state index in [1.807, 2.05) is 84.9 Å². The molecule has 0 aliphatic heterocycles. The largest absolute Gasteiger partial charge is 0.497 e. The van der Waals surface area contributed by atoms with Crippen molar-refractivity contribution in [3.63, 3.8) is 0 Å². The monoisotopic (exact) mass is 508 g/mol. The lowest BCUT2D eigenvalue weighted by molar-refractivity contribution is -0.144. The molecule has 36 heavy (non-hydrogen) atoms. The first-order valence-corrected chi connectivity index (χ1v) is 13.1. The first kappa shape index (κ1) is 27.7. The summed E-state index contributed by atoms with van der Waals surface area (Å²) in [5.41, 5.74) is 8.29. The van der Waals surface area contributed by atoms with E-state index >= 15 is 0 Å². The first-order valence-electron chi connectivity index (χ1n) is 12.1. The fraction of sp³-hybridized carbons (Fsp3) is 0.345. The Morgan fingerprint density at radius 2 is 1.64 bits per heavy atom. The number of benzene rings is 3. The van der Waals surface area contributed by atoms with Gasteiger partial charge in [-0.05, 0) is 48.2 Å². The van der Waals surface area contributed by atoms with Crippen LogP contribution in [-0.2, 0) is 22.5 Å². The summed E-state index contributed by atoms with van der Waals surface area (Å²) in [5, 5.41) is 11.0. The van der Waals surface area contributed by atoms with Crippen molar-refractivity contribution in [1.29, 1.82) is 0 Å². The predicted octanol–water partition coefficient (Wildman–Crippen LogP) is 4.15. The van der Waals surface area contributed by atoms with Gasteiger partial charge in [0.05, 0.1) is 13.2 Å². The molecular weight excluding hydrogens is 472 g/mol. The van der Waals surface area contributed by atoms with Crippen LogP contribution in [0.5, 0.6) is 5.75 Å². The Morgan fingerprint density at radius 3 is 2.31 bits per heavy atom. The van der Waals surface area contributed by atoms with E-state index in [1.54, 1.807) is 30.9 Å². The first-order chi connectivity index (χ1) is 17.5. The predicted molar refractivity (Wildman–Crippen MR) is 145 cm³/mol. The molecular formula is C29H36N2O4S. The molecule has 3 N–H and O–H groups in total. The number of nitrogens with zero attached hydrogens (tertiary/aromatic N) is 1. The van der Waals surface area contributed by atoms with Gasteiger partial charge in [0.2, 0.25) is 0 Å². The Hall–Kier alpha value is -2.84. The maximum absolute atomic E-state index is 13.6. The number of rotatable bonds is 14. The molecule has 6 nitrogen and oxygen atoms in total. The molecule has 3 aromatic carbocycles. The number of thioether (sulfide) groups is 1. The topological polar surface area (TPSA) is 85.0 Å². The number of hydrogen-bond donors (Lipinski definition) is 2. The van der Waals surface area contributed by atoms with Gasteiger partial charge >= 0.3 is 0 Å². The highest BCUT2D eigenvalue weighted by molar-refractivity contribution is 7.99. The molecule has 0 radical (unpaired) electrons. The lowest BCUT2D eigenvalue weighted by Crippen LogP contribution is -2.49. The number of methoxy groups -OCH3 is 2. The summed E-state index contributed by atoms with van der Waals surface area (Å²) in [6.07, 6.45) is -0.444. The molecule has 0 bridgehead atoms. The summed E-state index contributed by atoms with van der Waals surface area (Å²) < 4.78 is 11.0. The third-order valence-corrected chi connectivity index (χ3v) is 7.03. The average molecular weight is 509 g/mol. The Bertz CT molecular complexity index is 1050. The Balaban J connectivity index is 1.70. The van der Waals surface area contributed by atoms with Crippen LogP contribution in [0.3, 0.4) is 0 Å². The zero-order valence-corrected chi connectivity index (χ0v) is 21.8. The molecule has 0 aliphatic carbocycles. The van der Waals surface area contributed by atoms with Crippen molar-refractivity contribution in [2.45, 2.75) is 42.5 Å². The molecule has 192 valence electrons. The minimum atomic E-state index is -0.893. The summed E-state index contributed by atoms with van der Waals surface area (Å²) in [6.45, 7) is 0.423. The molecule has 0 aromatic heterocycles. The Kier molecular flexibility index (Phi) is 11.3. The highest BCUT2D eigenvalue weighted by Crippen LogP contribution is 2.21. The number of carbonyl (C=O) groups is 1. The maximum Gasteiger partial charge on any atom is 0.252 e. The molecule has 0 heterocycles. The minimum Gasteiger partial charge on any atom is -0.497 e. The summed E-state index contributed by atoms with van der Waals surface area (Å²) >= 11 is 1.69. The van der Waals surface area contributed by atoms with Crippen LogP contribution in [0.4, 0.5) is 0 Å². The number of nitrogens with two attached hydrogens (primary N) is 1. The second-order valence-corrected chi connectivity index (χ2v) is 9.83. The van der Waals surface area contributed by atoms with E-state index in [9.17, 15) is 9.90 Å². The number of amides is 1. The van der Waals surface area contributed by atoms with Crippen molar-refractivity contribution >= 4 is 17.7 Å². The summed E-state index contributed by atoms with van der Waals surface area (Å²) in [5.74, 6) is 1.28. The van der Waals surface area contributed by atoms with Gasteiger partial charge in [-0.25, -0.2) is 0 Å². The van der Waals surface area contributed by atoms with E-state index in [2.05, 4.69) is 0 Å². The van der Waals surface area contributed by atoms with Gasteiger partial charge < -0.3 is 25.2 Å². The minimum absolute atomic E-state index is 0.107. The van der Waals surface area contributed by atoms with Gasteiger partial charge in [-0.2, -0.15) is 0 Å². The van der Waals surface area contributed by atoms with Crippen molar-refractivity contribution < 1.29 is 19.4 Å². The van der Waals surface area contributed by atoms with Crippen LogP contribution < -0.4 is 10.5 Å². The highest BCUT2D eigenvalue weighted by Gasteiger charge is 2.28. The van der Waals surface area contributed by atoms with Crippen LogP contribution in [-0.4, -0.2) is 60.7 Å². The molecule has 7 heteroatoms. The van der Waals surface area contributed by atoms with Gasteiger partial charge in [0.25, 0.3) is 5.91 Å². The lowest BCUT2D eigenvalue weighted by Gasteiger charge is -2.31. The third-order valence-electron chi connectivity index (χ3n) is 5.99. The summed E-state index contributed by atoms with van der Waals surface area (Å²) in [6, 6.07) is 26.9. The molecule has 0 fully saturated rings. The van der Waals surface area contributed by atoms with Gasteiger partial charge in [0.15, 0.2) is 0 Å². The summed E-state index contributed by atoms with van der Waals surface area (Å²) in [7, 11) is 3.16. The molecule has 0 spiro atoms. The number of aliphatic hydroxyl groups is 1. The Morgan fingerprint density at radius 1 is 0.972 bits per heavy atom. The molecule has 0 aliphatic rings. The molecule has 1 amide bonds. The Labute approximate surface area is 218 Å². The van der Waals surface area contributed by atoms with Crippen molar-refractivity contribution in [3.05, 3.63) is 96.1 Å². The SMILES string of the molecule is COc1cccc(CN(CC(O)C(N)Cc2ccccc2)C(=O)C(CCSc2ccccc2)OC)c1. The van der Waals surface area contributed by atoms with E-state index in [0.29, 0.717) is 25.1 Å². The molecule has 3 rings (SSSR count). The van der Waals surface area contributed by atoms with Crippen molar-refractivity contribution in [1.82, 2.24) is 4.90 Å². The summed E-state index contributed by atoms with van der Waals surface area (Å²) in [4.78, 5) is 16.4. The second-order valence-electron chi connectivity index (χ2n) is 8.67. The van der Waals surface area contributed by atoms with E-state index in [0.717, 1.165) is 21.8 Å². The highest BCUT2D eigenvalue weighted by atomic mass is 32.2. The lowest BCUT2D eigenvalue weighted by atomic mass is 10.0. The van der Waals surface area contributed by atoms with Crippen LogP contribution in [0.25, 0.3) is 0 Å². The van der Waals surface area contributed by atoms with Crippen LogP contribution in [0.1, 0.15) is 17.5 Å². The van der Waals surface area contributed by atoms with Gasteiger partial charge in [-0.15, -0.1) is 11.8 Å². The molecule has 0 saturated carbocycles. The fourth-order valence-electron chi connectivity index (χ4n) is 3.95. The molecule has 3 aromatic rings. The zero-order valence-electron chi connectivity index (χ0n) is 21.0. The van der Waals surface area contributed by atoms with Crippen molar-refractivity contribution in [2.75, 3.05) is 26.5 Å². The molecule has 0 saturated heterocycles. The van der Waals surface area contributed by atoms with Crippen LogP contribution >= 0.6 is 11.8 Å². The van der Waals surface area contributed by atoms with E-state index < -0.39 is 18.2 Å². The van der Waals surface area contributed by atoms with E-state index in [1.165, 1.54) is 0 Å². The standard InChI is InChI=1S/C29H36N2O4S/c1-34-24-13-9-12-23(18-24)20-31(21-27(32)26(30)19-22-10-5-3-6-11-22)29(33)28(35-2)16-17-36-25-14-7-4-8-15-25/h3-15,18,26-28,32H,16-17,19-21,30H2,1-2H3. The van der Waals surface area contributed by atoms with E-state index in [4.69, 9.17) is 15.2 Å². The molecule has 3 atom stereocenters. The van der Waals surface area contributed by atoms with Gasteiger partial charge in [0.1, 0.15) is 11.9 Å². The fourth-order valence-corrected chi connectivity index (χ4v) is 4.87. The normalized spacial score (nSPS) is 13.6. The zero-order chi connectivity index (χ0) is 25.8. The van der Waals surface area contributed by atoms with Crippen molar-refractivity contribution in [3.8, 4) is 5.75 Å². The maximum atomic E-state index is 13.6. The van der Waals surface area contributed by atoms with Gasteiger partial charge in [0, 0.05) is 36.9 Å². The number of aliphatic hydroxyl groups excluding tert-OH is 1. The molecule has 3 unspecified atom stereocenters.